The normalized spacial score (nSPS) is 27.7. The van der Waals surface area contributed by atoms with Crippen LogP contribution in [0.1, 0.15) is 24.8 Å². The predicted molar refractivity (Wildman–Crippen MR) is 86.9 cm³/mol. The van der Waals surface area contributed by atoms with E-state index < -0.39 is 23.7 Å². The van der Waals surface area contributed by atoms with Crippen LogP contribution in [0.25, 0.3) is 0 Å². The SMILES string of the molecule is O=C(Cc1ccc(Cl)cc1)NNC(=O)[C@H]1[C@H]2CC[C@@H](C2)[C@H]1C(=O)O. The summed E-state index contributed by atoms with van der Waals surface area (Å²) >= 11 is 5.79. The molecule has 2 saturated carbocycles. The van der Waals surface area contributed by atoms with Crippen molar-refractivity contribution in [2.75, 3.05) is 0 Å². The standard InChI is InChI=1S/C17H19ClN2O4/c18-12-5-1-9(2-6-12)7-13(21)19-20-16(22)14-10-3-4-11(8-10)15(14)17(23)24/h1-2,5-6,10-11,14-15H,3-4,7-8H2,(H,19,21)(H,20,22)(H,23,24)/t10-,11-,14-,15+/m0/s1. The second kappa shape index (κ2) is 6.81. The number of rotatable bonds is 4. The van der Waals surface area contributed by atoms with Gasteiger partial charge in [0.1, 0.15) is 0 Å². The Bertz CT molecular complexity index is 661. The number of carboxylic acids is 1. The maximum atomic E-state index is 12.3. The number of aliphatic carboxylic acids is 1. The third-order valence-corrected chi connectivity index (χ3v) is 5.36. The molecule has 1 aromatic rings. The van der Waals surface area contributed by atoms with Gasteiger partial charge < -0.3 is 5.11 Å². The van der Waals surface area contributed by atoms with Gasteiger partial charge in [0.05, 0.1) is 18.3 Å². The molecule has 0 heterocycles. The van der Waals surface area contributed by atoms with Gasteiger partial charge in [0.15, 0.2) is 0 Å². The van der Waals surface area contributed by atoms with Crippen LogP contribution in [-0.2, 0) is 20.8 Å². The average molecular weight is 351 g/mol. The van der Waals surface area contributed by atoms with Crippen molar-refractivity contribution in [3.05, 3.63) is 34.9 Å². The highest BCUT2D eigenvalue weighted by molar-refractivity contribution is 6.30. The Morgan fingerprint density at radius 1 is 1.04 bits per heavy atom. The maximum Gasteiger partial charge on any atom is 0.307 e. The first-order valence-electron chi connectivity index (χ1n) is 8.01. The molecule has 2 fully saturated rings. The van der Waals surface area contributed by atoms with E-state index in [-0.39, 0.29) is 24.2 Å². The molecule has 0 aromatic heterocycles. The third-order valence-electron chi connectivity index (χ3n) is 5.11. The fourth-order valence-corrected chi connectivity index (χ4v) is 4.20. The minimum atomic E-state index is -0.921. The summed E-state index contributed by atoms with van der Waals surface area (Å²) in [7, 11) is 0. The molecule has 0 aliphatic heterocycles. The quantitative estimate of drug-likeness (QED) is 0.721. The molecular weight excluding hydrogens is 332 g/mol. The zero-order valence-corrected chi connectivity index (χ0v) is 13.8. The molecule has 0 radical (unpaired) electrons. The minimum absolute atomic E-state index is 0.0769. The van der Waals surface area contributed by atoms with Gasteiger partial charge >= 0.3 is 5.97 Å². The first kappa shape index (κ1) is 16.8. The highest BCUT2D eigenvalue weighted by atomic mass is 35.5. The number of amides is 2. The lowest BCUT2D eigenvalue weighted by Gasteiger charge is -2.26. The molecule has 2 aliphatic carbocycles. The summed E-state index contributed by atoms with van der Waals surface area (Å²) < 4.78 is 0. The van der Waals surface area contributed by atoms with Gasteiger partial charge in [-0.1, -0.05) is 23.7 Å². The Morgan fingerprint density at radius 2 is 1.67 bits per heavy atom. The molecule has 2 bridgehead atoms. The number of carbonyl (C=O) groups is 3. The number of fused-ring (bicyclic) bond motifs is 2. The van der Waals surface area contributed by atoms with Crippen LogP contribution in [0.2, 0.25) is 5.02 Å². The van der Waals surface area contributed by atoms with Crippen LogP contribution >= 0.6 is 11.6 Å². The first-order chi connectivity index (χ1) is 11.5. The number of benzene rings is 1. The number of hydrogen-bond acceptors (Lipinski definition) is 3. The van der Waals surface area contributed by atoms with Crippen LogP contribution in [0.15, 0.2) is 24.3 Å². The van der Waals surface area contributed by atoms with E-state index in [1.165, 1.54) is 0 Å². The molecule has 0 spiro atoms. The third kappa shape index (κ3) is 3.38. The number of hydrazine groups is 1. The molecule has 1 aromatic carbocycles. The van der Waals surface area contributed by atoms with Gasteiger partial charge in [-0.25, -0.2) is 0 Å². The van der Waals surface area contributed by atoms with E-state index >= 15 is 0 Å². The van der Waals surface area contributed by atoms with Crippen molar-refractivity contribution in [3.63, 3.8) is 0 Å². The van der Waals surface area contributed by atoms with Gasteiger partial charge in [0, 0.05) is 5.02 Å². The van der Waals surface area contributed by atoms with Gasteiger partial charge in [0.25, 0.3) is 0 Å². The highest BCUT2D eigenvalue weighted by Crippen LogP contribution is 2.52. The van der Waals surface area contributed by atoms with Crippen LogP contribution in [0.3, 0.4) is 0 Å². The van der Waals surface area contributed by atoms with Crippen LogP contribution < -0.4 is 10.9 Å². The van der Waals surface area contributed by atoms with Crippen molar-refractivity contribution in [2.24, 2.45) is 23.7 Å². The molecule has 6 nitrogen and oxygen atoms in total. The smallest absolute Gasteiger partial charge is 0.307 e. The van der Waals surface area contributed by atoms with Gasteiger partial charge in [-0.3, -0.25) is 25.2 Å². The van der Waals surface area contributed by atoms with Crippen molar-refractivity contribution in [2.45, 2.75) is 25.7 Å². The zero-order valence-electron chi connectivity index (χ0n) is 13.0. The Morgan fingerprint density at radius 3 is 2.29 bits per heavy atom. The summed E-state index contributed by atoms with van der Waals surface area (Å²) in [5, 5.41) is 9.96. The second-order valence-corrected chi connectivity index (χ2v) is 7.00. The fourth-order valence-electron chi connectivity index (χ4n) is 4.07. The molecule has 3 N–H and O–H groups in total. The largest absolute Gasteiger partial charge is 0.481 e. The number of carbonyl (C=O) groups excluding carboxylic acids is 2. The molecule has 3 rings (SSSR count). The number of nitrogens with one attached hydrogen (secondary N) is 2. The van der Waals surface area contributed by atoms with E-state index in [0.717, 1.165) is 24.8 Å². The summed E-state index contributed by atoms with van der Waals surface area (Å²) in [5.41, 5.74) is 5.55. The average Bonchev–Trinajstić information content (AvgIpc) is 3.15. The number of hydrogen-bond donors (Lipinski definition) is 3. The van der Waals surface area contributed by atoms with Gasteiger partial charge in [-0.2, -0.15) is 0 Å². The van der Waals surface area contributed by atoms with Crippen LogP contribution in [-0.4, -0.2) is 22.9 Å². The van der Waals surface area contributed by atoms with Crippen molar-refractivity contribution >= 4 is 29.4 Å². The molecule has 0 saturated heterocycles. The Balaban J connectivity index is 1.54. The number of halogens is 1. The summed E-state index contributed by atoms with van der Waals surface area (Å²) in [6.07, 6.45) is 2.64. The molecule has 7 heteroatoms. The lowest BCUT2D eigenvalue weighted by atomic mass is 9.79. The summed E-state index contributed by atoms with van der Waals surface area (Å²) in [5.74, 6) is -2.71. The van der Waals surface area contributed by atoms with E-state index in [4.69, 9.17) is 11.6 Å². The molecule has 2 aliphatic rings. The van der Waals surface area contributed by atoms with Crippen LogP contribution in [0, 0.1) is 23.7 Å². The summed E-state index contributed by atoms with van der Waals surface area (Å²) in [4.78, 5) is 35.7. The van der Waals surface area contributed by atoms with Gasteiger partial charge in [0.2, 0.25) is 11.8 Å². The summed E-state index contributed by atoms with van der Waals surface area (Å²) in [6.45, 7) is 0. The zero-order chi connectivity index (χ0) is 17.3. The Kier molecular flexibility index (Phi) is 4.76. The van der Waals surface area contributed by atoms with Gasteiger partial charge in [-0.15, -0.1) is 0 Å². The molecular formula is C17H19ClN2O4. The van der Waals surface area contributed by atoms with Crippen molar-refractivity contribution in [1.82, 2.24) is 10.9 Å². The van der Waals surface area contributed by atoms with Crippen molar-refractivity contribution in [3.8, 4) is 0 Å². The van der Waals surface area contributed by atoms with E-state index in [1.807, 2.05) is 0 Å². The minimum Gasteiger partial charge on any atom is -0.481 e. The lowest BCUT2D eigenvalue weighted by molar-refractivity contribution is -0.149. The Hall–Kier alpha value is -2.08. The lowest BCUT2D eigenvalue weighted by Crippen LogP contribution is -2.49. The molecule has 24 heavy (non-hydrogen) atoms. The first-order valence-corrected chi connectivity index (χ1v) is 8.39. The van der Waals surface area contributed by atoms with E-state index in [2.05, 4.69) is 10.9 Å². The topological polar surface area (TPSA) is 95.5 Å². The van der Waals surface area contributed by atoms with E-state index in [9.17, 15) is 19.5 Å². The maximum absolute atomic E-state index is 12.3. The molecule has 4 atom stereocenters. The van der Waals surface area contributed by atoms with Crippen molar-refractivity contribution in [1.29, 1.82) is 0 Å². The molecule has 0 unspecified atom stereocenters. The van der Waals surface area contributed by atoms with Crippen LogP contribution in [0.4, 0.5) is 0 Å². The number of carboxylic acid groups (broad SMARTS) is 1. The highest BCUT2D eigenvalue weighted by Gasteiger charge is 2.54. The second-order valence-electron chi connectivity index (χ2n) is 6.56. The molecule has 128 valence electrons. The van der Waals surface area contributed by atoms with E-state index in [0.29, 0.717) is 5.02 Å². The van der Waals surface area contributed by atoms with Crippen molar-refractivity contribution < 1.29 is 19.5 Å². The van der Waals surface area contributed by atoms with Crippen LogP contribution in [0.5, 0.6) is 0 Å². The predicted octanol–water partition coefficient (Wildman–Crippen LogP) is 1.78. The summed E-state index contributed by atoms with van der Waals surface area (Å²) in [6, 6.07) is 6.85. The monoisotopic (exact) mass is 350 g/mol. The molecule has 2 amide bonds. The Labute approximate surface area is 144 Å². The van der Waals surface area contributed by atoms with E-state index in [1.54, 1.807) is 24.3 Å². The fraction of sp³-hybridized carbons (Fsp3) is 0.471. The van der Waals surface area contributed by atoms with Gasteiger partial charge in [-0.05, 0) is 48.8 Å².